The molecule has 1 heterocycles. The average Bonchev–Trinajstić information content (AvgIpc) is 2.67. The van der Waals surface area contributed by atoms with Gasteiger partial charge in [0.15, 0.2) is 0 Å². The first-order valence-corrected chi connectivity index (χ1v) is 11.0. The minimum Gasteiger partial charge on any atom is -0.303 e. The SMILES string of the molecule is CC(C)(C)c1ccc(S(=O)C2CCN(CCc3ccc(F)cc3)CC2)cc1.Cl. The van der Waals surface area contributed by atoms with Gasteiger partial charge in [-0.15, -0.1) is 12.4 Å². The average molecular weight is 424 g/mol. The summed E-state index contributed by atoms with van der Waals surface area (Å²) in [5.74, 6) is -0.183. The predicted octanol–water partition coefficient (Wildman–Crippen LogP) is 5.36. The van der Waals surface area contributed by atoms with Gasteiger partial charge in [0.05, 0.1) is 10.8 Å². The van der Waals surface area contributed by atoms with Crippen LogP contribution in [0.4, 0.5) is 4.39 Å². The molecule has 1 aliphatic rings. The van der Waals surface area contributed by atoms with Crippen molar-refractivity contribution in [1.82, 2.24) is 4.90 Å². The Morgan fingerprint density at radius 2 is 1.57 bits per heavy atom. The van der Waals surface area contributed by atoms with Crippen molar-refractivity contribution in [3.63, 3.8) is 0 Å². The lowest BCUT2D eigenvalue weighted by Crippen LogP contribution is -2.38. The van der Waals surface area contributed by atoms with Crippen molar-refractivity contribution in [1.29, 1.82) is 0 Å². The van der Waals surface area contributed by atoms with E-state index in [9.17, 15) is 8.60 Å². The lowest BCUT2D eigenvalue weighted by atomic mass is 9.87. The second-order valence-electron chi connectivity index (χ2n) is 8.49. The zero-order chi connectivity index (χ0) is 19.4. The molecule has 0 aromatic heterocycles. The molecule has 1 atom stereocenters. The Balaban J connectivity index is 0.00000280. The van der Waals surface area contributed by atoms with Crippen molar-refractivity contribution in [3.05, 3.63) is 65.5 Å². The van der Waals surface area contributed by atoms with Gasteiger partial charge >= 0.3 is 0 Å². The Kier molecular flexibility index (Phi) is 8.23. The molecule has 0 saturated carbocycles. The Morgan fingerprint density at radius 3 is 2.11 bits per heavy atom. The lowest BCUT2D eigenvalue weighted by Gasteiger charge is -2.31. The summed E-state index contributed by atoms with van der Waals surface area (Å²) < 4.78 is 25.9. The number of hydrogen-bond donors (Lipinski definition) is 0. The summed E-state index contributed by atoms with van der Waals surface area (Å²) in [4.78, 5) is 3.38. The molecule has 0 spiro atoms. The maximum atomic E-state index is 13.0. The van der Waals surface area contributed by atoms with Crippen LogP contribution >= 0.6 is 12.4 Å². The van der Waals surface area contributed by atoms with Crippen molar-refractivity contribution >= 4 is 23.2 Å². The first-order chi connectivity index (χ1) is 12.8. The van der Waals surface area contributed by atoms with E-state index in [4.69, 9.17) is 0 Å². The predicted molar refractivity (Wildman–Crippen MR) is 118 cm³/mol. The highest BCUT2D eigenvalue weighted by atomic mass is 35.5. The monoisotopic (exact) mass is 423 g/mol. The Bertz CT molecular complexity index is 763. The van der Waals surface area contributed by atoms with Crippen LogP contribution in [0.5, 0.6) is 0 Å². The van der Waals surface area contributed by atoms with E-state index in [2.05, 4.69) is 37.8 Å². The van der Waals surface area contributed by atoms with Crippen LogP contribution in [-0.2, 0) is 22.6 Å². The van der Waals surface area contributed by atoms with Gasteiger partial charge < -0.3 is 4.90 Å². The summed E-state index contributed by atoms with van der Waals surface area (Å²) in [6.45, 7) is 9.53. The zero-order valence-corrected chi connectivity index (χ0v) is 18.6. The molecule has 0 amide bonds. The first kappa shape index (κ1) is 23.1. The molecule has 0 radical (unpaired) electrons. The first-order valence-electron chi connectivity index (χ1n) is 9.81. The van der Waals surface area contributed by atoms with Gasteiger partial charge in [0.1, 0.15) is 5.82 Å². The Hall–Kier alpha value is -1.23. The summed E-state index contributed by atoms with van der Waals surface area (Å²) in [6.07, 6.45) is 2.87. The fourth-order valence-electron chi connectivity index (χ4n) is 3.57. The number of likely N-dealkylation sites (tertiary alicyclic amines) is 1. The third-order valence-electron chi connectivity index (χ3n) is 5.42. The van der Waals surface area contributed by atoms with E-state index in [1.807, 2.05) is 24.3 Å². The van der Waals surface area contributed by atoms with Gasteiger partial charge in [-0.05, 0) is 73.2 Å². The summed E-state index contributed by atoms with van der Waals surface area (Å²) >= 11 is 0. The fraction of sp³-hybridized carbons (Fsp3) is 0.478. The van der Waals surface area contributed by atoms with Crippen molar-refractivity contribution in [3.8, 4) is 0 Å². The van der Waals surface area contributed by atoms with Gasteiger partial charge in [0.2, 0.25) is 0 Å². The van der Waals surface area contributed by atoms with E-state index in [-0.39, 0.29) is 28.9 Å². The number of halogens is 2. The third-order valence-corrected chi connectivity index (χ3v) is 7.23. The van der Waals surface area contributed by atoms with E-state index in [0.717, 1.165) is 43.8 Å². The molecule has 0 bridgehead atoms. The van der Waals surface area contributed by atoms with Crippen LogP contribution in [0.2, 0.25) is 0 Å². The van der Waals surface area contributed by atoms with Crippen molar-refractivity contribution in [2.24, 2.45) is 0 Å². The molecule has 154 valence electrons. The minimum absolute atomic E-state index is 0. The molecule has 1 fully saturated rings. The summed E-state index contributed by atoms with van der Waals surface area (Å²) in [6, 6.07) is 15.1. The van der Waals surface area contributed by atoms with Crippen LogP contribution in [0.15, 0.2) is 53.4 Å². The molecule has 1 unspecified atom stereocenters. The highest BCUT2D eigenvalue weighted by Crippen LogP contribution is 2.26. The number of benzene rings is 2. The van der Waals surface area contributed by atoms with Gasteiger partial charge in [-0.2, -0.15) is 0 Å². The molecule has 2 nitrogen and oxygen atoms in total. The topological polar surface area (TPSA) is 20.3 Å². The fourth-order valence-corrected chi connectivity index (χ4v) is 4.99. The van der Waals surface area contributed by atoms with E-state index < -0.39 is 10.8 Å². The van der Waals surface area contributed by atoms with Gasteiger partial charge in [0.25, 0.3) is 0 Å². The quantitative estimate of drug-likeness (QED) is 0.645. The lowest BCUT2D eigenvalue weighted by molar-refractivity contribution is 0.234. The van der Waals surface area contributed by atoms with E-state index in [1.54, 1.807) is 0 Å². The van der Waals surface area contributed by atoms with Crippen LogP contribution in [0.1, 0.15) is 44.7 Å². The second-order valence-corrected chi connectivity index (χ2v) is 10.2. The highest BCUT2D eigenvalue weighted by molar-refractivity contribution is 7.85. The van der Waals surface area contributed by atoms with Crippen LogP contribution in [0.25, 0.3) is 0 Å². The minimum atomic E-state index is -0.931. The number of hydrogen-bond acceptors (Lipinski definition) is 2. The van der Waals surface area contributed by atoms with E-state index in [0.29, 0.717) is 0 Å². The number of rotatable bonds is 5. The van der Waals surface area contributed by atoms with Crippen molar-refractivity contribution < 1.29 is 8.60 Å². The van der Waals surface area contributed by atoms with E-state index >= 15 is 0 Å². The van der Waals surface area contributed by atoms with E-state index in [1.165, 1.54) is 23.3 Å². The van der Waals surface area contributed by atoms with Crippen molar-refractivity contribution in [2.45, 2.75) is 55.6 Å². The van der Waals surface area contributed by atoms with Crippen LogP contribution < -0.4 is 0 Å². The molecular formula is C23H31ClFNOS. The summed E-state index contributed by atoms with van der Waals surface area (Å²) in [5.41, 5.74) is 2.57. The Labute approximate surface area is 177 Å². The second kappa shape index (κ2) is 10.00. The molecule has 0 aliphatic carbocycles. The van der Waals surface area contributed by atoms with Gasteiger partial charge in [0, 0.05) is 16.7 Å². The van der Waals surface area contributed by atoms with Crippen LogP contribution in [0, 0.1) is 5.82 Å². The van der Waals surface area contributed by atoms with Crippen LogP contribution in [0.3, 0.4) is 0 Å². The molecule has 1 aliphatic heterocycles. The molecule has 1 saturated heterocycles. The van der Waals surface area contributed by atoms with Crippen molar-refractivity contribution in [2.75, 3.05) is 19.6 Å². The molecular weight excluding hydrogens is 393 g/mol. The Morgan fingerprint density at radius 1 is 1.00 bits per heavy atom. The molecule has 5 heteroatoms. The molecule has 2 aromatic rings. The van der Waals surface area contributed by atoms with Gasteiger partial charge in [-0.1, -0.05) is 45.0 Å². The summed E-state index contributed by atoms with van der Waals surface area (Å²) in [5, 5.41) is 0.243. The highest BCUT2D eigenvalue weighted by Gasteiger charge is 2.25. The number of nitrogens with zero attached hydrogens (tertiary/aromatic N) is 1. The van der Waals surface area contributed by atoms with Crippen LogP contribution in [-0.4, -0.2) is 34.0 Å². The van der Waals surface area contributed by atoms with Gasteiger partial charge in [-0.3, -0.25) is 4.21 Å². The maximum Gasteiger partial charge on any atom is 0.123 e. The molecule has 28 heavy (non-hydrogen) atoms. The summed E-state index contributed by atoms with van der Waals surface area (Å²) in [7, 11) is -0.931. The zero-order valence-electron chi connectivity index (χ0n) is 17.0. The third kappa shape index (κ3) is 6.13. The molecule has 2 aromatic carbocycles. The largest absolute Gasteiger partial charge is 0.303 e. The number of piperidine rings is 1. The normalized spacial score (nSPS) is 17.1. The molecule has 0 N–H and O–H groups in total. The van der Waals surface area contributed by atoms with Gasteiger partial charge in [-0.25, -0.2) is 4.39 Å². The smallest absolute Gasteiger partial charge is 0.123 e. The maximum absolute atomic E-state index is 13.0. The molecule has 3 rings (SSSR count). The standard InChI is InChI=1S/C23H30FNOS.ClH/c1-23(2,3)19-6-10-21(11-7-19)27(26)22-13-16-25(17-14-22)15-12-18-4-8-20(24)9-5-18;/h4-11,22H,12-17H2,1-3H3;1H.